The summed E-state index contributed by atoms with van der Waals surface area (Å²) in [4.78, 5) is 0. The molecule has 0 aromatic heterocycles. The van der Waals surface area contributed by atoms with Gasteiger partial charge in [0, 0.05) is 0 Å². The molecule has 2 heteroatoms. The molecule has 0 amide bonds. The Kier molecular flexibility index (Phi) is 27.8. The number of hydrogen-bond acceptors (Lipinski definition) is 0. The SMILES string of the molecule is F.[CH2-]CCCCCCCC.[Na+]. The van der Waals surface area contributed by atoms with Crippen LogP contribution in [0.5, 0.6) is 0 Å². The van der Waals surface area contributed by atoms with Crippen molar-refractivity contribution in [2.24, 2.45) is 0 Å². The van der Waals surface area contributed by atoms with Crippen LogP contribution in [0.2, 0.25) is 0 Å². The van der Waals surface area contributed by atoms with Crippen LogP contribution in [0.25, 0.3) is 0 Å². The Labute approximate surface area is 92.8 Å². The van der Waals surface area contributed by atoms with Crippen molar-refractivity contribution in [3.05, 3.63) is 6.92 Å². The molecule has 0 aliphatic carbocycles. The van der Waals surface area contributed by atoms with Gasteiger partial charge in [0.25, 0.3) is 0 Å². The van der Waals surface area contributed by atoms with Gasteiger partial charge in [-0.15, -0.1) is 0 Å². The van der Waals surface area contributed by atoms with Crippen LogP contribution >= 0.6 is 0 Å². The molecule has 0 atom stereocenters. The molecule has 0 bridgehead atoms. The topological polar surface area (TPSA) is 0 Å². The van der Waals surface area contributed by atoms with Crippen molar-refractivity contribution < 1.29 is 34.3 Å². The minimum Gasteiger partial charge on any atom is -0.343 e. The van der Waals surface area contributed by atoms with Crippen LogP contribution in [0, 0.1) is 6.92 Å². The maximum absolute atomic E-state index is 3.80. The van der Waals surface area contributed by atoms with Gasteiger partial charge in [-0.05, 0) is 0 Å². The van der Waals surface area contributed by atoms with E-state index in [4.69, 9.17) is 0 Å². The first-order valence-electron chi connectivity index (χ1n) is 4.21. The number of hydrogen-bond donors (Lipinski definition) is 0. The van der Waals surface area contributed by atoms with Crippen molar-refractivity contribution in [3.63, 3.8) is 0 Å². The van der Waals surface area contributed by atoms with Crippen molar-refractivity contribution in [2.75, 3.05) is 0 Å². The Balaban J connectivity index is -0.000000320. The van der Waals surface area contributed by atoms with E-state index in [0.29, 0.717) is 0 Å². The minimum atomic E-state index is 0. The molecule has 0 N–H and O–H groups in total. The van der Waals surface area contributed by atoms with Gasteiger partial charge in [-0.25, -0.2) is 0 Å². The molecule has 0 unspecified atom stereocenters. The average molecular weight is 170 g/mol. The van der Waals surface area contributed by atoms with Gasteiger partial charge >= 0.3 is 29.6 Å². The molecule has 11 heavy (non-hydrogen) atoms. The predicted octanol–water partition coefficient (Wildman–Crippen LogP) is 0.728. The normalized spacial score (nSPS) is 8.18. The van der Waals surface area contributed by atoms with E-state index < -0.39 is 0 Å². The van der Waals surface area contributed by atoms with E-state index in [1.807, 2.05) is 0 Å². The van der Waals surface area contributed by atoms with E-state index >= 15 is 0 Å². The van der Waals surface area contributed by atoms with E-state index in [1.165, 1.54) is 38.5 Å². The average Bonchev–Trinajstić information content (AvgIpc) is 1.89. The summed E-state index contributed by atoms with van der Waals surface area (Å²) in [6.07, 6.45) is 9.45. The van der Waals surface area contributed by atoms with Gasteiger partial charge in [0.2, 0.25) is 0 Å². The molecule has 64 valence electrons. The number of unbranched alkanes of at least 4 members (excludes halogenated alkanes) is 6. The Hall–Kier alpha value is 0.930. The Morgan fingerprint density at radius 2 is 1.36 bits per heavy atom. The van der Waals surface area contributed by atoms with Crippen molar-refractivity contribution in [1.29, 1.82) is 0 Å². The summed E-state index contributed by atoms with van der Waals surface area (Å²) >= 11 is 0. The zero-order chi connectivity index (χ0) is 6.95. The molecule has 0 fully saturated rings. The third kappa shape index (κ3) is 18.1. The largest absolute Gasteiger partial charge is 1.00 e. The second kappa shape index (κ2) is 17.1. The summed E-state index contributed by atoms with van der Waals surface area (Å²) in [7, 11) is 0. The van der Waals surface area contributed by atoms with Gasteiger partial charge in [-0.3, -0.25) is 4.70 Å². The minimum absolute atomic E-state index is 0. The van der Waals surface area contributed by atoms with Crippen molar-refractivity contribution in [1.82, 2.24) is 0 Å². The van der Waals surface area contributed by atoms with Crippen LogP contribution in [0.1, 0.15) is 51.9 Å². The van der Waals surface area contributed by atoms with Crippen LogP contribution in [0.15, 0.2) is 0 Å². The summed E-state index contributed by atoms with van der Waals surface area (Å²) in [6, 6.07) is 0. The molecule has 0 saturated carbocycles. The van der Waals surface area contributed by atoms with Gasteiger partial charge in [-0.2, -0.15) is 6.42 Å². The van der Waals surface area contributed by atoms with Crippen LogP contribution in [-0.2, 0) is 0 Å². The number of halogens is 1. The zero-order valence-electron chi connectivity index (χ0n) is 8.07. The van der Waals surface area contributed by atoms with E-state index in [2.05, 4.69) is 13.8 Å². The number of rotatable bonds is 6. The third-order valence-electron chi connectivity index (χ3n) is 1.60. The molecule has 0 aromatic carbocycles. The summed E-state index contributed by atoms with van der Waals surface area (Å²) in [5.74, 6) is 0. The third-order valence-corrected chi connectivity index (χ3v) is 1.60. The molecule has 0 spiro atoms. The van der Waals surface area contributed by atoms with Crippen LogP contribution in [-0.4, -0.2) is 0 Å². The first-order valence-corrected chi connectivity index (χ1v) is 4.21. The molecule has 0 nitrogen and oxygen atoms in total. The predicted molar refractivity (Wildman–Crippen MR) is 45.9 cm³/mol. The van der Waals surface area contributed by atoms with E-state index in [1.54, 1.807) is 0 Å². The van der Waals surface area contributed by atoms with Crippen LogP contribution < -0.4 is 29.6 Å². The van der Waals surface area contributed by atoms with Crippen molar-refractivity contribution >= 4 is 0 Å². The van der Waals surface area contributed by atoms with Crippen molar-refractivity contribution in [2.45, 2.75) is 51.9 Å². The van der Waals surface area contributed by atoms with Crippen molar-refractivity contribution in [3.8, 4) is 0 Å². The first kappa shape index (κ1) is 17.9. The fourth-order valence-electron chi connectivity index (χ4n) is 0.957. The second-order valence-corrected chi connectivity index (χ2v) is 2.62. The smallest absolute Gasteiger partial charge is 0.343 e. The fourth-order valence-corrected chi connectivity index (χ4v) is 0.957. The maximum atomic E-state index is 3.80. The fraction of sp³-hybridized carbons (Fsp3) is 0.889. The second-order valence-electron chi connectivity index (χ2n) is 2.62. The maximum Gasteiger partial charge on any atom is 1.00 e. The van der Waals surface area contributed by atoms with Gasteiger partial charge in [0.05, 0.1) is 0 Å². The van der Waals surface area contributed by atoms with Crippen LogP contribution in [0.3, 0.4) is 0 Å². The van der Waals surface area contributed by atoms with Gasteiger partial charge in [0.1, 0.15) is 0 Å². The van der Waals surface area contributed by atoms with E-state index in [9.17, 15) is 0 Å². The summed E-state index contributed by atoms with van der Waals surface area (Å²) in [5, 5.41) is 0. The molecule has 0 rings (SSSR count). The van der Waals surface area contributed by atoms with Gasteiger partial charge < -0.3 is 6.92 Å². The monoisotopic (exact) mass is 170 g/mol. The quantitative estimate of drug-likeness (QED) is 0.313. The van der Waals surface area contributed by atoms with Gasteiger partial charge in [0.15, 0.2) is 0 Å². The van der Waals surface area contributed by atoms with Crippen LogP contribution in [0.4, 0.5) is 4.70 Å². The molecule has 0 heterocycles. The first-order chi connectivity index (χ1) is 4.41. The Morgan fingerprint density at radius 3 is 1.82 bits per heavy atom. The molecule has 0 radical (unpaired) electrons. The summed E-state index contributed by atoms with van der Waals surface area (Å²) in [5.41, 5.74) is 0. The zero-order valence-corrected chi connectivity index (χ0v) is 10.1. The standard InChI is InChI=1S/C9H19.FH.Na/c1-3-5-7-9-8-6-4-2;;/h1,3-9H2,2H3;1H;/q-1;;+1. The summed E-state index contributed by atoms with van der Waals surface area (Å²) < 4.78 is 0. The van der Waals surface area contributed by atoms with E-state index in [-0.39, 0.29) is 34.3 Å². The summed E-state index contributed by atoms with van der Waals surface area (Å²) in [6.45, 7) is 6.05. The van der Waals surface area contributed by atoms with E-state index in [0.717, 1.165) is 6.42 Å². The molecule has 0 aromatic rings. The Bertz CT molecular complexity index is 42.8. The van der Waals surface area contributed by atoms with Gasteiger partial charge in [-0.1, -0.05) is 45.4 Å². The molecule has 0 aliphatic rings. The Morgan fingerprint density at radius 1 is 0.909 bits per heavy atom. The molecular formula is C9H20FNa. The molecule has 0 saturated heterocycles. The molecular weight excluding hydrogens is 150 g/mol. The molecule has 0 aliphatic heterocycles.